The molecule has 0 saturated carbocycles. The quantitative estimate of drug-likeness (QED) is 0.388. The Kier molecular flexibility index (Phi) is 4.89. The number of aliphatic imine (C=N–C) groups is 1. The second-order valence-electron chi connectivity index (χ2n) is 7.08. The van der Waals surface area contributed by atoms with E-state index >= 15 is 0 Å². The summed E-state index contributed by atoms with van der Waals surface area (Å²) in [7, 11) is -7.34. The summed E-state index contributed by atoms with van der Waals surface area (Å²) in [5.41, 5.74) is 8.57. The zero-order chi connectivity index (χ0) is 22.4. The number of rotatable bonds is 4. The van der Waals surface area contributed by atoms with Gasteiger partial charge in [0.1, 0.15) is 5.69 Å². The minimum absolute atomic E-state index is 0.0533. The minimum Gasteiger partial charge on any atom is -0.357 e. The molecule has 4 rings (SSSR count). The molecule has 10 nitrogen and oxygen atoms in total. The number of primary sulfonamides is 1. The average Bonchev–Trinajstić information content (AvgIpc) is 3.15. The van der Waals surface area contributed by atoms with Gasteiger partial charge in [0.05, 0.1) is 21.2 Å². The number of nitrogens with one attached hydrogen (secondary N) is 3. The first-order chi connectivity index (χ1) is 14.5. The van der Waals surface area contributed by atoms with E-state index in [0.717, 1.165) is 6.26 Å². The zero-order valence-corrected chi connectivity index (χ0v) is 18.0. The van der Waals surface area contributed by atoms with Gasteiger partial charge in [0.25, 0.3) is 0 Å². The highest BCUT2D eigenvalue weighted by atomic mass is 32.2. The summed E-state index contributed by atoms with van der Waals surface area (Å²) in [4.78, 5) is 7.68. The number of anilines is 2. The van der Waals surface area contributed by atoms with Crippen LogP contribution >= 0.6 is 0 Å². The van der Waals surface area contributed by atoms with Crippen LogP contribution in [0.1, 0.15) is 11.3 Å². The van der Waals surface area contributed by atoms with Crippen molar-refractivity contribution in [2.75, 3.05) is 16.9 Å². The third-order valence-corrected chi connectivity index (χ3v) is 6.84. The number of hydrogen-bond acceptors (Lipinski definition) is 8. The molecule has 31 heavy (non-hydrogen) atoms. The van der Waals surface area contributed by atoms with Gasteiger partial charge in [-0.2, -0.15) is 0 Å². The first-order valence-corrected chi connectivity index (χ1v) is 12.5. The van der Waals surface area contributed by atoms with Crippen molar-refractivity contribution in [2.45, 2.75) is 15.6 Å². The number of sulfone groups is 1. The second kappa shape index (κ2) is 7.20. The van der Waals surface area contributed by atoms with E-state index in [4.69, 9.17) is 10.9 Å². The molecule has 1 atom stereocenters. The molecule has 0 radical (unpaired) electrons. The molecule has 1 unspecified atom stereocenters. The van der Waals surface area contributed by atoms with Gasteiger partial charge in [0.2, 0.25) is 15.8 Å². The van der Waals surface area contributed by atoms with E-state index < -0.39 is 25.6 Å². The van der Waals surface area contributed by atoms with Crippen LogP contribution in [0.15, 0.2) is 75.6 Å². The first-order valence-electron chi connectivity index (χ1n) is 9.01. The minimum atomic E-state index is -3.85. The molecule has 0 aliphatic carbocycles. The van der Waals surface area contributed by atoms with Crippen LogP contribution in [0.2, 0.25) is 0 Å². The van der Waals surface area contributed by atoms with E-state index in [9.17, 15) is 16.8 Å². The standard InChI is InChI=1S/C19H20N6O4S2/c1-30(26,27)16-5-3-2-4-14(16)23-18-17-15(10-11-22-17)24-19(20,25-18)12-6-8-13(9-7-12)31(21,28)29/h2-11,22,24H,20H2,1H3,(H,23,25)(H2,21,28,29). The predicted molar refractivity (Wildman–Crippen MR) is 118 cm³/mol. The van der Waals surface area contributed by atoms with Crippen LogP contribution in [0.4, 0.5) is 11.4 Å². The lowest BCUT2D eigenvalue weighted by Crippen LogP contribution is -2.47. The highest BCUT2D eigenvalue weighted by Gasteiger charge is 2.34. The molecular formula is C19H20N6O4S2. The maximum atomic E-state index is 12.2. The van der Waals surface area contributed by atoms with Crippen molar-refractivity contribution in [3.05, 3.63) is 72.1 Å². The topological polar surface area (TPSA) is 173 Å². The van der Waals surface area contributed by atoms with Crippen molar-refractivity contribution in [1.29, 1.82) is 0 Å². The second-order valence-corrected chi connectivity index (χ2v) is 10.6. The van der Waals surface area contributed by atoms with Crippen LogP contribution in [0.3, 0.4) is 0 Å². The molecule has 12 heteroatoms. The molecule has 0 amide bonds. The highest BCUT2D eigenvalue weighted by Crippen LogP contribution is 2.32. The number of para-hydroxylation sites is 1. The summed E-state index contributed by atoms with van der Waals surface area (Å²) in [5, 5.41) is 11.3. The number of H-pyrrole nitrogens is 1. The lowest BCUT2D eigenvalue weighted by molar-refractivity contribution is 0.537. The first kappa shape index (κ1) is 21.1. The molecule has 1 aromatic heterocycles. The van der Waals surface area contributed by atoms with Crippen molar-refractivity contribution < 1.29 is 16.8 Å². The van der Waals surface area contributed by atoms with Crippen molar-refractivity contribution in [2.24, 2.45) is 15.9 Å². The highest BCUT2D eigenvalue weighted by molar-refractivity contribution is 7.91. The van der Waals surface area contributed by atoms with Gasteiger partial charge in [0, 0.05) is 18.0 Å². The molecule has 0 fully saturated rings. The van der Waals surface area contributed by atoms with Gasteiger partial charge >= 0.3 is 0 Å². The average molecular weight is 461 g/mol. The van der Waals surface area contributed by atoms with Crippen molar-refractivity contribution >= 4 is 37.1 Å². The largest absolute Gasteiger partial charge is 0.357 e. The molecular weight excluding hydrogens is 440 g/mol. The lowest BCUT2D eigenvalue weighted by atomic mass is 10.1. The number of hydrogen-bond donors (Lipinski definition) is 5. The number of nitrogens with zero attached hydrogens (tertiary/aromatic N) is 1. The van der Waals surface area contributed by atoms with Crippen molar-refractivity contribution in [3.63, 3.8) is 0 Å². The van der Waals surface area contributed by atoms with Crippen molar-refractivity contribution in [1.82, 2.24) is 4.98 Å². The fourth-order valence-electron chi connectivity index (χ4n) is 3.28. The molecule has 2 aromatic carbocycles. The lowest BCUT2D eigenvalue weighted by Gasteiger charge is -2.33. The third kappa shape index (κ3) is 4.05. The Bertz CT molecular complexity index is 1400. The number of aromatic amines is 1. The molecule has 7 N–H and O–H groups in total. The Morgan fingerprint density at radius 1 is 1.00 bits per heavy atom. The summed E-state index contributed by atoms with van der Waals surface area (Å²) in [6.45, 7) is 0. The monoisotopic (exact) mass is 460 g/mol. The van der Waals surface area contributed by atoms with E-state index in [-0.39, 0.29) is 9.79 Å². The van der Waals surface area contributed by atoms with Crippen molar-refractivity contribution in [3.8, 4) is 0 Å². The van der Waals surface area contributed by atoms with Crippen LogP contribution in [0, 0.1) is 0 Å². The molecule has 0 saturated heterocycles. The van der Waals surface area contributed by atoms with Crippen LogP contribution in [0.25, 0.3) is 0 Å². The molecule has 3 aromatic rings. The fourth-order valence-corrected chi connectivity index (χ4v) is 4.64. The van der Waals surface area contributed by atoms with Crippen LogP contribution < -0.4 is 21.5 Å². The van der Waals surface area contributed by atoms with Crippen LogP contribution in [-0.4, -0.2) is 33.9 Å². The SMILES string of the molecule is CS(=O)(=O)c1ccccc1NC1=NC(N)(c2ccc(S(N)(=O)=O)cc2)Nc2cc[nH]c21. The summed E-state index contributed by atoms with van der Waals surface area (Å²) in [6.07, 6.45) is 2.81. The van der Waals surface area contributed by atoms with Gasteiger partial charge in [-0.3, -0.25) is 5.73 Å². The Hall–Kier alpha value is -3.19. The van der Waals surface area contributed by atoms with Crippen LogP contribution in [-0.2, 0) is 25.6 Å². The van der Waals surface area contributed by atoms with E-state index in [1.54, 1.807) is 30.5 Å². The third-order valence-electron chi connectivity index (χ3n) is 4.76. The normalized spacial score (nSPS) is 18.6. The number of fused-ring (bicyclic) bond motifs is 1. The smallest absolute Gasteiger partial charge is 0.238 e. The fraction of sp³-hybridized carbons (Fsp3) is 0.105. The maximum Gasteiger partial charge on any atom is 0.238 e. The predicted octanol–water partition coefficient (Wildman–Crippen LogP) is 1.12. The number of aromatic nitrogens is 1. The number of nitrogens with two attached hydrogens (primary N) is 2. The summed E-state index contributed by atoms with van der Waals surface area (Å²) in [6, 6.07) is 13.9. The molecule has 0 spiro atoms. The Labute approximate surface area is 179 Å². The van der Waals surface area contributed by atoms with E-state index in [1.165, 1.54) is 30.3 Å². The van der Waals surface area contributed by atoms with Gasteiger partial charge in [-0.15, -0.1) is 0 Å². The molecule has 162 valence electrons. The molecule has 2 heterocycles. The molecule has 1 aliphatic heterocycles. The van der Waals surface area contributed by atoms with Gasteiger partial charge in [-0.1, -0.05) is 24.3 Å². The van der Waals surface area contributed by atoms with E-state index in [2.05, 4.69) is 20.6 Å². The van der Waals surface area contributed by atoms with Gasteiger partial charge in [-0.25, -0.2) is 27.0 Å². The van der Waals surface area contributed by atoms with Crippen LogP contribution in [0.5, 0.6) is 0 Å². The maximum absolute atomic E-state index is 12.2. The Morgan fingerprint density at radius 3 is 2.32 bits per heavy atom. The zero-order valence-electron chi connectivity index (χ0n) is 16.3. The van der Waals surface area contributed by atoms with E-state index in [1.807, 2.05) is 0 Å². The summed E-state index contributed by atoms with van der Waals surface area (Å²) in [5.74, 6) is -1.14. The van der Waals surface area contributed by atoms with Gasteiger partial charge in [0.15, 0.2) is 15.7 Å². The molecule has 1 aliphatic rings. The number of amidine groups is 1. The number of benzene rings is 2. The Morgan fingerprint density at radius 2 is 1.68 bits per heavy atom. The van der Waals surface area contributed by atoms with Gasteiger partial charge in [-0.05, 0) is 30.3 Å². The molecule has 0 bridgehead atoms. The van der Waals surface area contributed by atoms with E-state index in [0.29, 0.717) is 28.5 Å². The summed E-state index contributed by atoms with van der Waals surface area (Å²) < 4.78 is 47.4. The van der Waals surface area contributed by atoms with Gasteiger partial charge < -0.3 is 15.6 Å². The Balaban J connectivity index is 1.79. The number of sulfonamides is 1. The summed E-state index contributed by atoms with van der Waals surface area (Å²) >= 11 is 0.